The average Bonchev–Trinajstić information content (AvgIpc) is 3.19. The summed E-state index contributed by atoms with van der Waals surface area (Å²) in [5, 5.41) is 40.3. The summed E-state index contributed by atoms with van der Waals surface area (Å²) in [4.78, 5) is 24.4. The Hall–Kier alpha value is -1.82. The van der Waals surface area contributed by atoms with Gasteiger partial charge in [0.05, 0.1) is 18.1 Å². The highest BCUT2D eigenvalue weighted by atomic mass is 16.7. The third kappa shape index (κ3) is 4.02. The molecule has 4 rings (SSSR count). The van der Waals surface area contributed by atoms with E-state index in [1.807, 2.05) is 19.9 Å². The van der Waals surface area contributed by atoms with Gasteiger partial charge in [0.2, 0.25) is 0 Å². The van der Waals surface area contributed by atoms with Gasteiger partial charge in [0, 0.05) is 18.4 Å². The second kappa shape index (κ2) is 8.75. The topological polar surface area (TPSA) is 152 Å². The Balaban J connectivity index is 1.70. The first-order chi connectivity index (χ1) is 15.5. The molecule has 4 aliphatic rings. The van der Waals surface area contributed by atoms with Gasteiger partial charge in [0.25, 0.3) is 0 Å². The normalized spacial score (nSPS) is 47.3. The summed E-state index contributed by atoms with van der Waals surface area (Å²) in [6.45, 7) is 8.34. The lowest BCUT2D eigenvalue weighted by Crippen LogP contribution is -2.61. The number of ether oxygens (including phenoxy) is 4. The van der Waals surface area contributed by atoms with Gasteiger partial charge in [-0.05, 0) is 38.7 Å². The number of aliphatic hydroxyl groups excluding tert-OH is 4. The Morgan fingerprint density at radius 2 is 1.97 bits per heavy atom. The minimum Gasteiger partial charge on any atom is -0.461 e. The largest absolute Gasteiger partial charge is 0.461 e. The van der Waals surface area contributed by atoms with Gasteiger partial charge in [-0.2, -0.15) is 0 Å². The molecule has 184 valence electrons. The first kappa shape index (κ1) is 24.3. The molecule has 10 heteroatoms. The maximum atomic E-state index is 12.3. The molecular formula is C23H32O10. The van der Waals surface area contributed by atoms with E-state index in [2.05, 4.69) is 6.58 Å². The SMILES string of the molecule is C=C1C(=O)OC2C=C(C)C3CCC(C)(OC4OC(CO)C(O)C(O)C4O)C3C(OC(C)=O)C12. The van der Waals surface area contributed by atoms with Crippen LogP contribution in [0, 0.1) is 17.8 Å². The first-order valence-electron chi connectivity index (χ1n) is 11.2. The van der Waals surface area contributed by atoms with Crippen LogP contribution in [0.2, 0.25) is 0 Å². The molecule has 0 aromatic heterocycles. The molecule has 0 bridgehead atoms. The third-order valence-electron chi connectivity index (χ3n) is 7.61. The van der Waals surface area contributed by atoms with Gasteiger partial charge in [-0.1, -0.05) is 12.2 Å². The summed E-state index contributed by atoms with van der Waals surface area (Å²) in [5.41, 5.74) is 0.181. The highest BCUT2D eigenvalue weighted by molar-refractivity contribution is 5.91. The van der Waals surface area contributed by atoms with Gasteiger partial charge in [-0.15, -0.1) is 0 Å². The molecule has 0 amide bonds. The van der Waals surface area contributed by atoms with Crippen LogP contribution in [0.15, 0.2) is 23.8 Å². The lowest BCUT2D eigenvalue weighted by molar-refractivity contribution is -0.332. The number of esters is 2. The average molecular weight is 468 g/mol. The lowest BCUT2D eigenvalue weighted by atomic mass is 9.75. The molecule has 10 nitrogen and oxygen atoms in total. The van der Waals surface area contributed by atoms with Crippen LogP contribution in [0.1, 0.15) is 33.6 Å². The number of allylic oxidation sites excluding steroid dienone is 1. The Bertz CT molecular complexity index is 852. The highest BCUT2D eigenvalue weighted by Crippen LogP contribution is 2.54. The Morgan fingerprint density at radius 3 is 2.61 bits per heavy atom. The van der Waals surface area contributed by atoms with Crippen LogP contribution < -0.4 is 0 Å². The molecule has 0 spiro atoms. The van der Waals surface area contributed by atoms with E-state index in [0.717, 1.165) is 5.57 Å². The van der Waals surface area contributed by atoms with Crippen molar-refractivity contribution in [2.75, 3.05) is 6.61 Å². The fourth-order valence-electron chi connectivity index (χ4n) is 5.94. The van der Waals surface area contributed by atoms with Crippen molar-refractivity contribution < 1.29 is 49.0 Å². The van der Waals surface area contributed by atoms with Gasteiger partial charge < -0.3 is 39.4 Å². The van der Waals surface area contributed by atoms with Gasteiger partial charge >= 0.3 is 11.9 Å². The summed E-state index contributed by atoms with van der Waals surface area (Å²) in [7, 11) is 0. The second-order valence-corrected chi connectivity index (χ2v) is 9.70. The second-order valence-electron chi connectivity index (χ2n) is 9.70. The molecule has 4 N–H and O–H groups in total. The summed E-state index contributed by atoms with van der Waals surface area (Å²) in [6.07, 6.45) is -5.43. The zero-order valence-corrected chi connectivity index (χ0v) is 18.9. The maximum Gasteiger partial charge on any atom is 0.334 e. The van der Waals surface area contributed by atoms with E-state index in [9.17, 15) is 30.0 Å². The fraction of sp³-hybridized carbons (Fsp3) is 0.739. The monoisotopic (exact) mass is 468 g/mol. The third-order valence-corrected chi connectivity index (χ3v) is 7.61. The Morgan fingerprint density at radius 1 is 1.27 bits per heavy atom. The molecule has 11 atom stereocenters. The van der Waals surface area contributed by atoms with Crippen LogP contribution in [0.5, 0.6) is 0 Å². The lowest BCUT2D eigenvalue weighted by Gasteiger charge is -2.46. The Labute approximate surface area is 191 Å². The predicted octanol–water partition coefficient (Wildman–Crippen LogP) is -0.423. The molecule has 2 heterocycles. The molecule has 11 unspecified atom stereocenters. The van der Waals surface area contributed by atoms with Crippen LogP contribution in [-0.2, 0) is 28.5 Å². The summed E-state index contributed by atoms with van der Waals surface area (Å²) < 4.78 is 23.1. The van der Waals surface area contributed by atoms with E-state index in [1.54, 1.807) is 0 Å². The number of rotatable bonds is 4. The van der Waals surface area contributed by atoms with Gasteiger partial charge in [0.1, 0.15) is 36.6 Å². The standard InChI is InChI=1S/C23H32O10/c1-9-7-13-15(10(2)21(29)31-13)20(30-11(3)25)16-12(9)5-6-23(16,4)33-22-19(28)18(27)17(26)14(8-24)32-22/h7,12-20,22,24,26-28H,2,5-6,8H2,1,3-4H3. The van der Waals surface area contributed by atoms with Crippen molar-refractivity contribution in [3.8, 4) is 0 Å². The van der Waals surface area contributed by atoms with Crippen molar-refractivity contribution in [3.05, 3.63) is 23.8 Å². The zero-order valence-electron chi connectivity index (χ0n) is 18.9. The van der Waals surface area contributed by atoms with Crippen molar-refractivity contribution in [2.45, 2.75) is 82.1 Å². The molecular weight excluding hydrogens is 436 g/mol. The van der Waals surface area contributed by atoms with Crippen LogP contribution in [-0.4, -0.2) is 87.5 Å². The van der Waals surface area contributed by atoms with Crippen molar-refractivity contribution >= 4 is 11.9 Å². The van der Waals surface area contributed by atoms with Crippen molar-refractivity contribution in [1.82, 2.24) is 0 Å². The molecule has 2 aliphatic heterocycles. The number of hydrogen-bond donors (Lipinski definition) is 4. The van der Waals surface area contributed by atoms with Crippen LogP contribution in [0.3, 0.4) is 0 Å². The quantitative estimate of drug-likeness (QED) is 0.243. The smallest absolute Gasteiger partial charge is 0.334 e. The molecule has 3 fully saturated rings. The molecule has 2 aliphatic carbocycles. The predicted molar refractivity (Wildman–Crippen MR) is 111 cm³/mol. The van der Waals surface area contributed by atoms with Crippen molar-refractivity contribution in [1.29, 1.82) is 0 Å². The number of hydrogen-bond acceptors (Lipinski definition) is 10. The molecule has 0 radical (unpaired) electrons. The Kier molecular flexibility index (Phi) is 6.45. The van der Waals surface area contributed by atoms with Crippen LogP contribution in [0.4, 0.5) is 0 Å². The number of carbonyl (C=O) groups excluding carboxylic acids is 2. The van der Waals surface area contributed by atoms with E-state index < -0.39 is 78.9 Å². The minimum absolute atomic E-state index is 0.0682. The summed E-state index contributed by atoms with van der Waals surface area (Å²) in [5.74, 6) is -2.17. The number of carbonyl (C=O) groups is 2. The van der Waals surface area contributed by atoms with E-state index >= 15 is 0 Å². The maximum absolute atomic E-state index is 12.3. The van der Waals surface area contributed by atoms with E-state index in [-0.39, 0.29) is 11.5 Å². The first-order valence-corrected chi connectivity index (χ1v) is 11.2. The van der Waals surface area contributed by atoms with Gasteiger partial charge in [-0.25, -0.2) is 4.79 Å². The molecule has 0 aromatic carbocycles. The summed E-state index contributed by atoms with van der Waals surface area (Å²) in [6, 6.07) is 0. The van der Waals surface area contributed by atoms with Gasteiger partial charge in [-0.3, -0.25) is 4.79 Å². The molecule has 1 saturated carbocycles. The minimum atomic E-state index is -1.58. The molecule has 33 heavy (non-hydrogen) atoms. The van der Waals surface area contributed by atoms with E-state index in [4.69, 9.17) is 18.9 Å². The van der Waals surface area contributed by atoms with Gasteiger partial charge in [0.15, 0.2) is 6.29 Å². The molecule has 2 saturated heterocycles. The fourth-order valence-corrected chi connectivity index (χ4v) is 5.94. The van der Waals surface area contributed by atoms with Crippen molar-refractivity contribution in [2.24, 2.45) is 17.8 Å². The van der Waals surface area contributed by atoms with Crippen molar-refractivity contribution in [3.63, 3.8) is 0 Å². The van der Waals surface area contributed by atoms with Crippen LogP contribution in [0.25, 0.3) is 0 Å². The summed E-state index contributed by atoms with van der Waals surface area (Å²) >= 11 is 0. The zero-order chi connectivity index (χ0) is 24.2. The highest BCUT2D eigenvalue weighted by Gasteiger charge is 2.60. The molecule has 0 aromatic rings. The van der Waals surface area contributed by atoms with Crippen LogP contribution >= 0.6 is 0 Å². The van der Waals surface area contributed by atoms with E-state index in [1.165, 1.54) is 6.92 Å². The van der Waals surface area contributed by atoms with E-state index in [0.29, 0.717) is 12.8 Å². The number of aliphatic hydroxyl groups is 4. The number of fused-ring (bicyclic) bond motifs is 2.